The molecule has 1 aromatic rings. The van der Waals surface area contributed by atoms with Crippen molar-refractivity contribution in [1.82, 2.24) is 4.72 Å². The Hall–Kier alpha value is -1.88. The van der Waals surface area contributed by atoms with Crippen LogP contribution >= 0.6 is 0 Å². The number of rotatable bonds is 5. The lowest BCUT2D eigenvalue weighted by Gasteiger charge is -2.08. The second kappa shape index (κ2) is 6.33. The lowest BCUT2D eigenvalue weighted by molar-refractivity contribution is 0.588. The van der Waals surface area contributed by atoms with Crippen LogP contribution in [0.3, 0.4) is 0 Å². The molecule has 0 unspecified atom stereocenters. The smallest absolute Gasteiger partial charge is 0.261 e. The highest BCUT2D eigenvalue weighted by Gasteiger charge is 2.13. The summed E-state index contributed by atoms with van der Waals surface area (Å²) in [5.41, 5.74) is 1.23. The summed E-state index contributed by atoms with van der Waals surface area (Å²) in [4.78, 5) is 0.0111. The second-order valence-corrected chi connectivity index (χ2v) is 5.67. The third-order valence-electron chi connectivity index (χ3n) is 2.23. The lowest BCUT2D eigenvalue weighted by atomic mass is 10.3. The molecule has 1 aromatic carbocycles. The molecule has 0 fully saturated rings. The Kier molecular flexibility index (Phi) is 5.06. The zero-order valence-electron chi connectivity index (χ0n) is 10.9. The maximum Gasteiger partial charge on any atom is 0.261 e. The fraction of sp³-hybridized carbons (Fsp3) is 0.143. The Balaban J connectivity index is 2.96. The molecule has 0 aromatic heterocycles. The average Bonchev–Trinajstić information content (AvgIpc) is 2.34. The van der Waals surface area contributed by atoms with E-state index in [2.05, 4.69) is 11.3 Å². The Morgan fingerprint density at radius 3 is 2.32 bits per heavy atom. The molecule has 0 aliphatic carbocycles. The van der Waals surface area contributed by atoms with Gasteiger partial charge in [-0.1, -0.05) is 24.3 Å². The SMILES string of the molecule is C=C(C)/C=C\C(=C/C)NS(=O)(=O)c1ccc(F)cc1. The van der Waals surface area contributed by atoms with Crippen molar-refractivity contribution in [3.8, 4) is 0 Å². The van der Waals surface area contributed by atoms with Gasteiger partial charge in [0.05, 0.1) is 4.90 Å². The summed E-state index contributed by atoms with van der Waals surface area (Å²) in [6.45, 7) is 7.21. The van der Waals surface area contributed by atoms with Crippen molar-refractivity contribution >= 4 is 10.0 Å². The van der Waals surface area contributed by atoms with Crippen LogP contribution in [-0.2, 0) is 10.0 Å². The van der Waals surface area contributed by atoms with E-state index in [1.165, 1.54) is 12.1 Å². The van der Waals surface area contributed by atoms with Crippen LogP contribution in [0.25, 0.3) is 0 Å². The summed E-state index contributed by atoms with van der Waals surface area (Å²) in [6, 6.07) is 4.64. The summed E-state index contributed by atoms with van der Waals surface area (Å²) in [6.07, 6.45) is 4.94. The highest BCUT2D eigenvalue weighted by molar-refractivity contribution is 7.89. The van der Waals surface area contributed by atoms with Crippen LogP contribution in [0.15, 0.2) is 65.2 Å². The molecule has 102 valence electrons. The maximum absolute atomic E-state index is 12.8. The van der Waals surface area contributed by atoms with Crippen molar-refractivity contribution in [2.75, 3.05) is 0 Å². The minimum absolute atomic E-state index is 0.0111. The largest absolute Gasteiger partial charge is 0.280 e. The van der Waals surface area contributed by atoms with Gasteiger partial charge in [0.15, 0.2) is 0 Å². The molecule has 0 aliphatic heterocycles. The Morgan fingerprint density at radius 1 is 1.26 bits per heavy atom. The highest BCUT2D eigenvalue weighted by atomic mass is 32.2. The predicted octanol–water partition coefficient (Wildman–Crippen LogP) is 3.14. The standard InChI is InChI=1S/C14H16FNO2S/c1-4-13(8-5-11(2)3)16-19(17,18)14-9-6-12(15)7-10-14/h4-10,16H,2H2,1,3H3/b8-5-,13-4+. The van der Waals surface area contributed by atoms with E-state index in [9.17, 15) is 12.8 Å². The van der Waals surface area contributed by atoms with Gasteiger partial charge in [-0.05, 0) is 44.2 Å². The number of sulfonamides is 1. The van der Waals surface area contributed by atoms with E-state index in [0.29, 0.717) is 5.70 Å². The zero-order chi connectivity index (χ0) is 14.5. The normalized spacial score (nSPS) is 12.7. The Bertz CT molecular complexity index is 613. The molecular formula is C14H16FNO2S. The molecule has 0 saturated carbocycles. The van der Waals surface area contributed by atoms with E-state index in [-0.39, 0.29) is 4.90 Å². The minimum Gasteiger partial charge on any atom is -0.280 e. The van der Waals surface area contributed by atoms with E-state index in [1.54, 1.807) is 32.1 Å². The molecule has 0 bridgehead atoms. The van der Waals surface area contributed by atoms with Crippen LogP contribution in [0.4, 0.5) is 4.39 Å². The molecule has 0 amide bonds. The van der Waals surface area contributed by atoms with E-state index in [0.717, 1.165) is 17.7 Å². The Labute approximate surface area is 113 Å². The Morgan fingerprint density at radius 2 is 1.84 bits per heavy atom. The van der Waals surface area contributed by atoms with Crippen LogP contribution in [-0.4, -0.2) is 8.42 Å². The summed E-state index contributed by atoms with van der Waals surface area (Å²) >= 11 is 0. The number of hydrogen-bond donors (Lipinski definition) is 1. The first kappa shape index (κ1) is 15.2. The predicted molar refractivity (Wildman–Crippen MR) is 74.4 cm³/mol. The van der Waals surface area contributed by atoms with Crippen LogP contribution < -0.4 is 4.72 Å². The van der Waals surface area contributed by atoms with Crippen molar-refractivity contribution in [3.63, 3.8) is 0 Å². The molecule has 1 N–H and O–H groups in total. The molecule has 19 heavy (non-hydrogen) atoms. The van der Waals surface area contributed by atoms with E-state index in [1.807, 2.05) is 0 Å². The van der Waals surface area contributed by atoms with Gasteiger partial charge >= 0.3 is 0 Å². The van der Waals surface area contributed by atoms with Crippen LogP contribution in [0.5, 0.6) is 0 Å². The molecule has 0 aliphatic rings. The van der Waals surface area contributed by atoms with Gasteiger partial charge in [0.25, 0.3) is 10.0 Å². The molecular weight excluding hydrogens is 265 g/mol. The monoisotopic (exact) mass is 281 g/mol. The first-order valence-electron chi connectivity index (χ1n) is 5.63. The van der Waals surface area contributed by atoms with Crippen molar-refractivity contribution in [3.05, 3.63) is 66.2 Å². The van der Waals surface area contributed by atoms with Crippen LogP contribution in [0.1, 0.15) is 13.8 Å². The quantitative estimate of drug-likeness (QED) is 0.843. The molecule has 0 heterocycles. The van der Waals surface area contributed by atoms with E-state index in [4.69, 9.17) is 0 Å². The van der Waals surface area contributed by atoms with Gasteiger partial charge in [-0.3, -0.25) is 4.72 Å². The lowest BCUT2D eigenvalue weighted by Crippen LogP contribution is -2.22. The number of allylic oxidation sites excluding steroid dienone is 4. The highest BCUT2D eigenvalue weighted by Crippen LogP contribution is 2.11. The third-order valence-corrected chi connectivity index (χ3v) is 3.63. The third kappa shape index (κ3) is 4.71. The van der Waals surface area contributed by atoms with Gasteiger partial charge in [-0.15, -0.1) is 0 Å². The zero-order valence-corrected chi connectivity index (χ0v) is 11.7. The maximum atomic E-state index is 12.8. The molecule has 1 rings (SSSR count). The minimum atomic E-state index is -3.70. The van der Waals surface area contributed by atoms with Gasteiger partial charge in [-0.2, -0.15) is 0 Å². The van der Waals surface area contributed by atoms with Crippen LogP contribution in [0, 0.1) is 5.82 Å². The topological polar surface area (TPSA) is 46.2 Å². The van der Waals surface area contributed by atoms with Crippen molar-refractivity contribution in [2.45, 2.75) is 18.7 Å². The van der Waals surface area contributed by atoms with Gasteiger partial charge < -0.3 is 0 Å². The van der Waals surface area contributed by atoms with Crippen molar-refractivity contribution < 1.29 is 12.8 Å². The molecule has 3 nitrogen and oxygen atoms in total. The number of benzene rings is 1. The van der Waals surface area contributed by atoms with E-state index >= 15 is 0 Å². The molecule has 0 radical (unpaired) electrons. The summed E-state index contributed by atoms with van der Waals surface area (Å²) in [5.74, 6) is -0.479. The molecule has 0 spiro atoms. The fourth-order valence-electron chi connectivity index (χ4n) is 1.25. The number of halogens is 1. The summed E-state index contributed by atoms with van der Waals surface area (Å²) < 4.78 is 39.2. The first-order valence-corrected chi connectivity index (χ1v) is 7.12. The van der Waals surface area contributed by atoms with Gasteiger partial charge in [0, 0.05) is 5.70 Å². The van der Waals surface area contributed by atoms with Crippen LogP contribution in [0.2, 0.25) is 0 Å². The molecule has 0 atom stereocenters. The number of nitrogens with one attached hydrogen (secondary N) is 1. The van der Waals surface area contributed by atoms with E-state index < -0.39 is 15.8 Å². The second-order valence-electron chi connectivity index (χ2n) is 3.98. The summed E-state index contributed by atoms with van der Waals surface area (Å²) in [7, 11) is -3.70. The van der Waals surface area contributed by atoms with Crippen molar-refractivity contribution in [2.24, 2.45) is 0 Å². The summed E-state index contributed by atoms with van der Waals surface area (Å²) in [5, 5.41) is 0. The number of hydrogen-bond acceptors (Lipinski definition) is 2. The first-order chi connectivity index (χ1) is 8.85. The van der Waals surface area contributed by atoms with Gasteiger partial charge in [0.1, 0.15) is 5.82 Å². The van der Waals surface area contributed by atoms with Crippen molar-refractivity contribution in [1.29, 1.82) is 0 Å². The van der Waals surface area contributed by atoms with Gasteiger partial charge in [0.2, 0.25) is 0 Å². The molecule has 5 heteroatoms. The average molecular weight is 281 g/mol. The molecule has 0 saturated heterocycles. The van der Waals surface area contributed by atoms with Gasteiger partial charge in [-0.25, -0.2) is 12.8 Å². The fourth-order valence-corrected chi connectivity index (χ4v) is 2.36.